The molecule has 11 heavy (non-hydrogen) atoms. The van der Waals surface area contributed by atoms with E-state index in [0.717, 1.165) is 4.90 Å². The van der Waals surface area contributed by atoms with Crippen LogP contribution < -0.4 is 29.6 Å². The van der Waals surface area contributed by atoms with E-state index in [4.69, 9.17) is 10.2 Å². The number of aliphatic hydroxyl groups excluding tert-OH is 2. The molecule has 3 nitrogen and oxygen atoms in total. The second-order valence-corrected chi connectivity index (χ2v) is 2.97. The molecule has 2 N–H and O–H groups in total. The Kier molecular flexibility index (Phi) is 8.64. The van der Waals surface area contributed by atoms with Gasteiger partial charge in [-0.2, -0.15) is 0 Å². The van der Waals surface area contributed by atoms with Crippen molar-refractivity contribution in [3.05, 3.63) is 0 Å². The molecule has 60 valence electrons. The van der Waals surface area contributed by atoms with Gasteiger partial charge in [0.05, 0.1) is 0 Å². The van der Waals surface area contributed by atoms with Crippen LogP contribution in [-0.4, -0.2) is 31.9 Å². The molecule has 0 amide bonds. The Labute approximate surface area is 99.5 Å². The predicted molar refractivity (Wildman–Crippen MR) is 45.2 cm³/mol. The standard InChI is InChI=1S/C5H11NO2S2.Na/c1-3(7)6(4(2)8)5(9)10;/h3-4,7-8H,1-2H3,(H,9,10);/q;+1/p-1. The number of hydrogen-bond donors (Lipinski definition) is 2. The van der Waals surface area contributed by atoms with Crippen molar-refractivity contribution in [3.63, 3.8) is 0 Å². The summed E-state index contributed by atoms with van der Waals surface area (Å²) >= 11 is 9.18. The summed E-state index contributed by atoms with van der Waals surface area (Å²) in [4.78, 5) is 1.16. The van der Waals surface area contributed by atoms with Crippen molar-refractivity contribution in [2.24, 2.45) is 0 Å². The maximum atomic E-state index is 8.96. The Balaban J connectivity index is 0. The quantitative estimate of drug-likeness (QED) is 0.214. The van der Waals surface area contributed by atoms with E-state index in [0.29, 0.717) is 0 Å². The molecule has 0 aliphatic rings. The zero-order chi connectivity index (χ0) is 8.31. The summed E-state index contributed by atoms with van der Waals surface area (Å²) in [6.07, 6.45) is -1.66. The summed E-state index contributed by atoms with van der Waals surface area (Å²) < 4.78 is 0.0741. The molecule has 0 aromatic carbocycles. The summed E-state index contributed by atoms with van der Waals surface area (Å²) in [7, 11) is 0. The first-order valence-corrected chi connectivity index (χ1v) is 3.64. The summed E-state index contributed by atoms with van der Waals surface area (Å²) in [6, 6.07) is 0. The van der Waals surface area contributed by atoms with E-state index in [1.807, 2.05) is 0 Å². The van der Waals surface area contributed by atoms with E-state index in [2.05, 4.69) is 24.8 Å². The van der Waals surface area contributed by atoms with Crippen LogP contribution in [0, 0.1) is 0 Å². The van der Waals surface area contributed by atoms with Gasteiger partial charge < -0.3 is 40.0 Å². The third-order valence-corrected chi connectivity index (χ3v) is 1.44. The molecule has 0 spiro atoms. The molecule has 0 heterocycles. The minimum atomic E-state index is -0.829. The van der Waals surface area contributed by atoms with Gasteiger partial charge in [0.15, 0.2) is 0 Å². The van der Waals surface area contributed by atoms with Crippen molar-refractivity contribution >= 4 is 29.2 Å². The largest absolute Gasteiger partial charge is 1.00 e. The van der Waals surface area contributed by atoms with E-state index in [9.17, 15) is 0 Å². The molecule has 0 aliphatic carbocycles. The van der Waals surface area contributed by atoms with Crippen molar-refractivity contribution in [1.82, 2.24) is 4.90 Å². The normalized spacial score (nSPS) is 14.5. The molecule has 0 fully saturated rings. The van der Waals surface area contributed by atoms with Gasteiger partial charge in [0.25, 0.3) is 0 Å². The Morgan fingerprint density at radius 2 is 1.64 bits per heavy atom. The fourth-order valence-corrected chi connectivity index (χ4v) is 1.23. The summed E-state index contributed by atoms with van der Waals surface area (Å²) in [5.41, 5.74) is 0. The molecule has 0 bridgehead atoms. The van der Waals surface area contributed by atoms with Crippen LogP contribution in [0.2, 0.25) is 0 Å². The van der Waals surface area contributed by atoms with Crippen LogP contribution in [0.25, 0.3) is 0 Å². The zero-order valence-electron chi connectivity index (χ0n) is 6.81. The smallest absolute Gasteiger partial charge is 0.411 e. The summed E-state index contributed by atoms with van der Waals surface area (Å²) in [6.45, 7) is 2.98. The third kappa shape index (κ3) is 5.30. The molecule has 2 atom stereocenters. The molecule has 0 aliphatic heterocycles. The second-order valence-electron chi connectivity index (χ2n) is 1.94. The molecule has 2 unspecified atom stereocenters. The van der Waals surface area contributed by atoms with Gasteiger partial charge in [0.2, 0.25) is 0 Å². The van der Waals surface area contributed by atoms with E-state index in [-0.39, 0.29) is 33.9 Å². The molecule has 0 saturated heterocycles. The Morgan fingerprint density at radius 1 is 1.36 bits per heavy atom. The first-order chi connectivity index (χ1) is 4.46. The fraction of sp³-hybridized carbons (Fsp3) is 0.800. The molecule has 6 heteroatoms. The van der Waals surface area contributed by atoms with Gasteiger partial charge in [-0.3, -0.25) is 0 Å². The van der Waals surface area contributed by atoms with Crippen LogP contribution in [0.15, 0.2) is 0 Å². The average Bonchev–Trinajstić information content (AvgIpc) is 1.59. The van der Waals surface area contributed by atoms with Crippen LogP contribution >= 0.6 is 12.2 Å². The Morgan fingerprint density at radius 3 is 1.64 bits per heavy atom. The van der Waals surface area contributed by atoms with E-state index in [1.165, 1.54) is 13.8 Å². The van der Waals surface area contributed by atoms with Crippen LogP contribution in [0.1, 0.15) is 13.8 Å². The third-order valence-electron chi connectivity index (χ3n) is 1.02. The minimum absolute atomic E-state index is 0. The number of thiocarbonyl (C=S) groups is 1. The topological polar surface area (TPSA) is 43.7 Å². The van der Waals surface area contributed by atoms with Crippen molar-refractivity contribution in [2.45, 2.75) is 26.3 Å². The van der Waals surface area contributed by atoms with Crippen LogP contribution in [0.5, 0.6) is 0 Å². The summed E-state index contributed by atoms with van der Waals surface area (Å²) in [5.74, 6) is 0. The van der Waals surface area contributed by atoms with Crippen molar-refractivity contribution in [2.75, 3.05) is 0 Å². The minimum Gasteiger partial charge on any atom is -0.411 e. The van der Waals surface area contributed by atoms with Gasteiger partial charge in [-0.25, -0.2) is 0 Å². The molecule has 0 aromatic rings. The van der Waals surface area contributed by atoms with E-state index < -0.39 is 12.5 Å². The fourth-order valence-electron chi connectivity index (χ4n) is 0.617. The van der Waals surface area contributed by atoms with Gasteiger partial charge in [0.1, 0.15) is 12.5 Å². The molecule has 0 radical (unpaired) electrons. The Hall–Kier alpha value is 1.03. The van der Waals surface area contributed by atoms with Gasteiger partial charge >= 0.3 is 29.6 Å². The number of nitrogens with zero attached hydrogens (tertiary/aromatic N) is 1. The first kappa shape index (κ1) is 14.5. The van der Waals surface area contributed by atoms with Crippen LogP contribution in [-0.2, 0) is 12.6 Å². The average molecular weight is 203 g/mol. The number of aliphatic hydroxyl groups is 2. The predicted octanol–water partition coefficient (Wildman–Crippen LogP) is -3.20. The molecular formula is C5H10NNaO2S2. The van der Waals surface area contributed by atoms with E-state index >= 15 is 0 Å². The van der Waals surface area contributed by atoms with Crippen molar-refractivity contribution in [1.29, 1.82) is 0 Å². The van der Waals surface area contributed by atoms with Crippen LogP contribution in [0.4, 0.5) is 0 Å². The van der Waals surface area contributed by atoms with Gasteiger partial charge in [-0.1, -0.05) is 4.32 Å². The monoisotopic (exact) mass is 203 g/mol. The maximum Gasteiger partial charge on any atom is 1.00 e. The SMILES string of the molecule is CC(O)N(C(=S)[S-])C(C)O.[Na+]. The number of rotatable bonds is 2. The number of hydrogen-bond acceptors (Lipinski definition) is 4. The van der Waals surface area contributed by atoms with E-state index in [1.54, 1.807) is 0 Å². The van der Waals surface area contributed by atoms with Crippen LogP contribution in [0.3, 0.4) is 0 Å². The first-order valence-electron chi connectivity index (χ1n) is 2.82. The Bertz CT molecular complexity index is 124. The molecular weight excluding hydrogens is 193 g/mol. The zero-order valence-corrected chi connectivity index (χ0v) is 10.4. The molecule has 0 rings (SSSR count). The van der Waals surface area contributed by atoms with Gasteiger partial charge in [-0.15, -0.1) is 0 Å². The van der Waals surface area contributed by atoms with Gasteiger partial charge in [0, 0.05) is 0 Å². The summed E-state index contributed by atoms with van der Waals surface area (Å²) in [5, 5.41) is 17.9. The van der Waals surface area contributed by atoms with Crippen molar-refractivity contribution in [3.8, 4) is 0 Å². The maximum absolute atomic E-state index is 8.96. The van der Waals surface area contributed by atoms with Gasteiger partial charge in [-0.05, 0) is 13.8 Å². The van der Waals surface area contributed by atoms with Crippen molar-refractivity contribution < 1.29 is 39.8 Å². The second kappa shape index (κ2) is 6.54. The molecule has 0 aromatic heterocycles. The molecule has 0 saturated carbocycles.